The molecule has 0 radical (unpaired) electrons. The van der Waals surface area contributed by atoms with E-state index in [0.717, 1.165) is 11.4 Å². The summed E-state index contributed by atoms with van der Waals surface area (Å²) in [5.74, 6) is 1.43. The predicted molar refractivity (Wildman–Crippen MR) is 74.2 cm³/mol. The normalized spacial score (nSPS) is 13.0. The van der Waals surface area contributed by atoms with Crippen LogP contribution in [0.15, 0.2) is 18.2 Å². The Balaban J connectivity index is 2.19. The second-order valence-corrected chi connectivity index (χ2v) is 4.34. The van der Waals surface area contributed by atoms with Gasteiger partial charge in [-0.3, -0.25) is 4.90 Å². The first kappa shape index (κ1) is 13.5. The molecule has 0 aliphatic carbocycles. The van der Waals surface area contributed by atoms with Gasteiger partial charge in [0.1, 0.15) is 13.2 Å². The minimum atomic E-state index is -0.0123. The SMILES string of the molecule is CCN(CC)C(=O)N(C)c1ccc2c(c1)OCCO2. The lowest BCUT2D eigenvalue weighted by atomic mass is 10.2. The van der Waals surface area contributed by atoms with Gasteiger partial charge in [-0.05, 0) is 26.0 Å². The Bertz CT molecular complexity index is 458. The molecule has 104 valence electrons. The van der Waals surface area contributed by atoms with Crippen LogP contribution in [0.25, 0.3) is 0 Å². The maximum Gasteiger partial charge on any atom is 0.324 e. The molecule has 0 aromatic heterocycles. The second kappa shape index (κ2) is 5.82. The van der Waals surface area contributed by atoms with Crippen LogP contribution >= 0.6 is 0 Å². The Labute approximate surface area is 113 Å². The number of carbonyl (C=O) groups is 1. The highest BCUT2D eigenvalue weighted by molar-refractivity contribution is 5.91. The van der Waals surface area contributed by atoms with Crippen LogP contribution in [-0.2, 0) is 0 Å². The molecular weight excluding hydrogens is 244 g/mol. The molecule has 0 bridgehead atoms. The summed E-state index contributed by atoms with van der Waals surface area (Å²) in [6.07, 6.45) is 0. The first-order chi connectivity index (χ1) is 9.17. The monoisotopic (exact) mass is 264 g/mol. The molecule has 1 heterocycles. The van der Waals surface area contributed by atoms with Gasteiger partial charge < -0.3 is 14.4 Å². The van der Waals surface area contributed by atoms with Crippen LogP contribution in [0.4, 0.5) is 10.5 Å². The van der Waals surface area contributed by atoms with Gasteiger partial charge in [0.2, 0.25) is 0 Å². The molecule has 0 N–H and O–H groups in total. The van der Waals surface area contributed by atoms with E-state index in [0.29, 0.717) is 32.1 Å². The summed E-state index contributed by atoms with van der Waals surface area (Å²) >= 11 is 0. The summed E-state index contributed by atoms with van der Waals surface area (Å²) in [6, 6.07) is 5.54. The van der Waals surface area contributed by atoms with Gasteiger partial charge in [-0.2, -0.15) is 0 Å². The summed E-state index contributed by atoms with van der Waals surface area (Å²) in [4.78, 5) is 15.7. The highest BCUT2D eigenvalue weighted by Gasteiger charge is 2.19. The van der Waals surface area contributed by atoms with E-state index in [9.17, 15) is 4.79 Å². The third-order valence-electron chi connectivity index (χ3n) is 3.23. The van der Waals surface area contributed by atoms with Crippen molar-refractivity contribution in [2.24, 2.45) is 0 Å². The van der Waals surface area contributed by atoms with Crippen molar-refractivity contribution in [2.45, 2.75) is 13.8 Å². The van der Waals surface area contributed by atoms with Crippen LogP contribution in [0.3, 0.4) is 0 Å². The summed E-state index contributed by atoms with van der Waals surface area (Å²) in [6.45, 7) is 6.46. The molecule has 0 unspecified atom stereocenters. The zero-order valence-electron chi connectivity index (χ0n) is 11.7. The summed E-state index contributed by atoms with van der Waals surface area (Å²) in [7, 11) is 1.77. The lowest BCUT2D eigenvalue weighted by Crippen LogP contribution is -2.41. The molecule has 0 spiro atoms. The minimum absolute atomic E-state index is 0.0123. The summed E-state index contributed by atoms with van der Waals surface area (Å²) < 4.78 is 11.0. The number of urea groups is 1. The highest BCUT2D eigenvalue weighted by atomic mass is 16.6. The number of nitrogens with zero attached hydrogens (tertiary/aromatic N) is 2. The van der Waals surface area contributed by atoms with Crippen molar-refractivity contribution in [1.29, 1.82) is 0 Å². The molecule has 1 aromatic carbocycles. The zero-order valence-corrected chi connectivity index (χ0v) is 11.7. The van der Waals surface area contributed by atoms with E-state index < -0.39 is 0 Å². The molecular formula is C14H20N2O3. The first-order valence-electron chi connectivity index (χ1n) is 6.59. The van der Waals surface area contributed by atoms with E-state index in [1.807, 2.05) is 32.0 Å². The Hall–Kier alpha value is -1.91. The van der Waals surface area contributed by atoms with Crippen LogP contribution in [0.5, 0.6) is 11.5 Å². The molecule has 0 fully saturated rings. The quantitative estimate of drug-likeness (QED) is 0.841. The number of ether oxygens (including phenoxy) is 2. The molecule has 1 aromatic rings. The van der Waals surface area contributed by atoms with Gasteiger partial charge in [0, 0.05) is 31.9 Å². The Morgan fingerprint density at radius 3 is 2.42 bits per heavy atom. The van der Waals surface area contributed by atoms with Crippen molar-refractivity contribution in [3.63, 3.8) is 0 Å². The fourth-order valence-corrected chi connectivity index (χ4v) is 2.06. The van der Waals surface area contributed by atoms with Crippen LogP contribution in [0, 0.1) is 0 Å². The number of fused-ring (bicyclic) bond motifs is 1. The molecule has 2 rings (SSSR count). The molecule has 0 saturated carbocycles. The Morgan fingerprint density at radius 2 is 1.79 bits per heavy atom. The molecule has 1 aliphatic heterocycles. The number of benzene rings is 1. The number of anilines is 1. The van der Waals surface area contributed by atoms with Crippen LogP contribution in [0.2, 0.25) is 0 Å². The maximum absolute atomic E-state index is 12.3. The molecule has 5 heteroatoms. The molecule has 2 amide bonds. The second-order valence-electron chi connectivity index (χ2n) is 4.34. The van der Waals surface area contributed by atoms with Gasteiger partial charge in [-0.1, -0.05) is 0 Å². The van der Waals surface area contributed by atoms with E-state index >= 15 is 0 Å². The average Bonchev–Trinajstić information content (AvgIpc) is 2.47. The topological polar surface area (TPSA) is 42.0 Å². The number of hydrogen-bond acceptors (Lipinski definition) is 3. The summed E-state index contributed by atoms with van der Waals surface area (Å²) in [5.41, 5.74) is 0.807. The van der Waals surface area contributed by atoms with Gasteiger partial charge >= 0.3 is 6.03 Å². The molecule has 19 heavy (non-hydrogen) atoms. The van der Waals surface area contributed by atoms with Gasteiger partial charge in [-0.15, -0.1) is 0 Å². The number of hydrogen-bond donors (Lipinski definition) is 0. The molecule has 0 saturated heterocycles. The zero-order chi connectivity index (χ0) is 13.8. The van der Waals surface area contributed by atoms with Crippen molar-refractivity contribution in [1.82, 2.24) is 4.90 Å². The minimum Gasteiger partial charge on any atom is -0.486 e. The molecule has 1 aliphatic rings. The van der Waals surface area contributed by atoms with Crippen LogP contribution < -0.4 is 14.4 Å². The maximum atomic E-state index is 12.3. The Morgan fingerprint density at radius 1 is 1.16 bits per heavy atom. The van der Waals surface area contributed by atoms with Gasteiger partial charge in [0.25, 0.3) is 0 Å². The van der Waals surface area contributed by atoms with Crippen molar-refractivity contribution in [3.05, 3.63) is 18.2 Å². The Kier molecular flexibility index (Phi) is 4.14. The van der Waals surface area contributed by atoms with Crippen LogP contribution in [-0.4, -0.2) is 44.3 Å². The van der Waals surface area contributed by atoms with Crippen molar-refractivity contribution >= 4 is 11.7 Å². The lowest BCUT2D eigenvalue weighted by molar-refractivity contribution is 0.171. The number of rotatable bonds is 3. The average molecular weight is 264 g/mol. The standard InChI is InChI=1S/C14H20N2O3/c1-4-16(5-2)14(17)15(3)11-6-7-12-13(10-11)19-9-8-18-12/h6-7,10H,4-5,8-9H2,1-3H3. The van der Waals surface area contributed by atoms with Crippen molar-refractivity contribution in [2.75, 3.05) is 38.3 Å². The van der Waals surface area contributed by atoms with E-state index in [1.54, 1.807) is 16.8 Å². The fourth-order valence-electron chi connectivity index (χ4n) is 2.06. The van der Waals surface area contributed by atoms with Crippen LogP contribution in [0.1, 0.15) is 13.8 Å². The number of carbonyl (C=O) groups excluding carboxylic acids is 1. The van der Waals surface area contributed by atoms with E-state index in [2.05, 4.69) is 0 Å². The largest absolute Gasteiger partial charge is 0.486 e. The van der Waals surface area contributed by atoms with E-state index in [1.165, 1.54) is 0 Å². The summed E-state index contributed by atoms with van der Waals surface area (Å²) in [5, 5.41) is 0. The smallest absolute Gasteiger partial charge is 0.324 e. The predicted octanol–water partition coefficient (Wildman–Crippen LogP) is 2.36. The van der Waals surface area contributed by atoms with E-state index in [4.69, 9.17) is 9.47 Å². The third kappa shape index (κ3) is 2.75. The van der Waals surface area contributed by atoms with Gasteiger partial charge in [0.15, 0.2) is 11.5 Å². The van der Waals surface area contributed by atoms with Crippen molar-refractivity contribution < 1.29 is 14.3 Å². The highest BCUT2D eigenvalue weighted by Crippen LogP contribution is 2.33. The van der Waals surface area contributed by atoms with Gasteiger partial charge in [0.05, 0.1) is 0 Å². The first-order valence-corrected chi connectivity index (χ1v) is 6.59. The fraction of sp³-hybridized carbons (Fsp3) is 0.500. The lowest BCUT2D eigenvalue weighted by Gasteiger charge is -2.27. The van der Waals surface area contributed by atoms with Crippen molar-refractivity contribution in [3.8, 4) is 11.5 Å². The molecule has 5 nitrogen and oxygen atoms in total. The van der Waals surface area contributed by atoms with Gasteiger partial charge in [-0.25, -0.2) is 4.79 Å². The van der Waals surface area contributed by atoms with E-state index in [-0.39, 0.29) is 6.03 Å². The third-order valence-corrected chi connectivity index (χ3v) is 3.23. The number of amides is 2. The molecule has 0 atom stereocenters.